The van der Waals surface area contributed by atoms with E-state index in [1.165, 1.54) is 5.56 Å². The van der Waals surface area contributed by atoms with Gasteiger partial charge in [-0.3, -0.25) is 0 Å². The van der Waals surface area contributed by atoms with Crippen LogP contribution in [-0.4, -0.2) is 23.7 Å². The van der Waals surface area contributed by atoms with E-state index in [0.717, 1.165) is 24.3 Å². The molecule has 0 aliphatic heterocycles. The van der Waals surface area contributed by atoms with Crippen molar-refractivity contribution in [2.75, 3.05) is 13.6 Å². The molecule has 102 valence electrons. The molecule has 0 atom stereocenters. The molecule has 5 heteroatoms. The van der Waals surface area contributed by atoms with Crippen molar-refractivity contribution >= 4 is 0 Å². The van der Waals surface area contributed by atoms with Gasteiger partial charge in [0.2, 0.25) is 0 Å². The number of hydrogen-bond donors (Lipinski definition) is 1. The molecule has 5 nitrogen and oxygen atoms in total. The highest BCUT2D eigenvalue weighted by Crippen LogP contribution is 2.20. The van der Waals surface area contributed by atoms with Crippen LogP contribution < -0.4 is 10.1 Å². The van der Waals surface area contributed by atoms with E-state index in [1.807, 2.05) is 33.0 Å². The van der Waals surface area contributed by atoms with Crippen LogP contribution in [0.15, 0.2) is 22.7 Å². The summed E-state index contributed by atoms with van der Waals surface area (Å²) in [5, 5.41) is 6.94. The number of hydrogen-bond acceptors (Lipinski definition) is 5. The van der Waals surface area contributed by atoms with Gasteiger partial charge in [0.05, 0.1) is 0 Å². The fourth-order valence-electron chi connectivity index (χ4n) is 1.69. The standard InChI is InChI=1S/C14H19N3O2/c1-10-4-5-11(2)12(8-10)18-9-14-16-13(17-19-14)6-7-15-3/h4-5,8,15H,6-7,9H2,1-3H3. The Morgan fingerprint density at radius 1 is 1.32 bits per heavy atom. The van der Waals surface area contributed by atoms with Crippen LogP contribution >= 0.6 is 0 Å². The number of likely N-dealkylation sites (N-methyl/N-ethyl adjacent to an activating group) is 1. The molecule has 1 N–H and O–H groups in total. The zero-order chi connectivity index (χ0) is 13.7. The summed E-state index contributed by atoms with van der Waals surface area (Å²) >= 11 is 0. The Morgan fingerprint density at radius 3 is 2.95 bits per heavy atom. The summed E-state index contributed by atoms with van der Waals surface area (Å²) in [7, 11) is 1.89. The van der Waals surface area contributed by atoms with Gasteiger partial charge in [0.1, 0.15) is 5.75 Å². The van der Waals surface area contributed by atoms with Crippen LogP contribution in [0.25, 0.3) is 0 Å². The van der Waals surface area contributed by atoms with Crippen molar-refractivity contribution in [3.05, 3.63) is 41.0 Å². The third-order valence-electron chi connectivity index (χ3n) is 2.80. The molecule has 0 aliphatic carbocycles. The summed E-state index contributed by atoms with van der Waals surface area (Å²) in [5.74, 6) is 2.07. The summed E-state index contributed by atoms with van der Waals surface area (Å²) in [6, 6.07) is 6.11. The van der Waals surface area contributed by atoms with E-state index in [9.17, 15) is 0 Å². The lowest BCUT2D eigenvalue weighted by Gasteiger charge is -2.07. The van der Waals surface area contributed by atoms with Crippen molar-refractivity contribution < 1.29 is 9.26 Å². The summed E-state index contributed by atoms with van der Waals surface area (Å²) in [4.78, 5) is 4.27. The van der Waals surface area contributed by atoms with Crippen molar-refractivity contribution in [2.45, 2.75) is 26.9 Å². The van der Waals surface area contributed by atoms with Crippen LogP contribution in [0, 0.1) is 13.8 Å². The Labute approximate surface area is 113 Å². The molecule has 1 aromatic heterocycles. The first-order valence-electron chi connectivity index (χ1n) is 6.35. The van der Waals surface area contributed by atoms with Crippen LogP contribution in [0.4, 0.5) is 0 Å². The third-order valence-corrected chi connectivity index (χ3v) is 2.80. The smallest absolute Gasteiger partial charge is 0.264 e. The third kappa shape index (κ3) is 3.79. The molecular weight excluding hydrogens is 242 g/mol. The molecule has 0 spiro atoms. The normalized spacial score (nSPS) is 10.7. The van der Waals surface area contributed by atoms with E-state index in [2.05, 4.69) is 21.5 Å². The summed E-state index contributed by atoms with van der Waals surface area (Å²) in [6.07, 6.45) is 0.753. The molecule has 2 aromatic rings. The monoisotopic (exact) mass is 261 g/mol. The molecule has 0 fully saturated rings. The van der Waals surface area contributed by atoms with Crippen LogP contribution in [-0.2, 0) is 13.0 Å². The van der Waals surface area contributed by atoms with Crippen LogP contribution in [0.3, 0.4) is 0 Å². The molecule has 1 heterocycles. The number of nitrogens with zero attached hydrogens (tertiary/aromatic N) is 2. The van der Waals surface area contributed by atoms with Crippen molar-refractivity contribution in [2.24, 2.45) is 0 Å². The maximum atomic E-state index is 5.71. The average Bonchev–Trinajstić information content (AvgIpc) is 2.85. The quantitative estimate of drug-likeness (QED) is 0.862. The molecule has 0 amide bonds. The minimum Gasteiger partial charge on any atom is -0.483 e. The largest absolute Gasteiger partial charge is 0.483 e. The van der Waals surface area contributed by atoms with Crippen LogP contribution in [0.5, 0.6) is 5.75 Å². The highest BCUT2D eigenvalue weighted by molar-refractivity contribution is 5.35. The first-order chi connectivity index (χ1) is 9.19. The molecule has 0 saturated heterocycles. The molecule has 19 heavy (non-hydrogen) atoms. The SMILES string of the molecule is CNCCc1noc(COc2cc(C)ccc2C)n1. The Hall–Kier alpha value is -1.88. The molecule has 1 aromatic carbocycles. The summed E-state index contributed by atoms with van der Waals surface area (Å²) in [5.41, 5.74) is 2.27. The zero-order valence-electron chi connectivity index (χ0n) is 11.6. The van der Waals surface area contributed by atoms with Gasteiger partial charge in [0.15, 0.2) is 12.4 Å². The van der Waals surface area contributed by atoms with Crippen molar-refractivity contribution in [3.63, 3.8) is 0 Å². The lowest BCUT2D eigenvalue weighted by molar-refractivity contribution is 0.241. The van der Waals surface area contributed by atoms with E-state index >= 15 is 0 Å². The lowest BCUT2D eigenvalue weighted by Crippen LogP contribution is -2.11. The predicted octanol–water partition coefficient (Wildman–Crippen LogP) is 2.03. The predicted molar refractivity (Wildman–Crippen MR) is 72.2 cm³/mol. The Kier molecular flexibility index (Phi) is 4.52. The zero-order valence-corrected chi connectivity index (χ0v) is 11.6. The highest BCUT2D eigenvalue weighted by Gasteiger charge is 2.07. The average molecular weight is 261 g/mol. The number of benzene rings is 1. The minimum absolute atomic E-state index is 0.302. The number of aryl methyl sites for hydroxylation is 2. The van der Waals surface area contributed by atoms with Gasteiger partial charge in [0.25, 0.3) is 5.89 Å². The van der Waals surface area contributed by atoms with Gasteiger partial charge in [-0.15, -0.1) is 0 Å². The lowest BCUT2D eigenvalue weighted by atomic mass is 10.1. The second-order valence-electron chi connectivity index (χ2n) is 4.52. The Balaban J connectivity index is 1.94. The summed E-state index contributed by atoms with van der Waals surface area (Å²) in [6.45, 7) is 5.18. The van der Waals surface area contributed by atoms with Crippen molar-refractivity contribution in [3.8, 4) is 5.75 Å². The first kappa shape index (κ1) is 13.5. The van der Waals surface area contributed by atoms with Gasteiger partial charge < -0.3 is 14.6 Å². The molecule has 0 aliphatic rings. The van der Waals surface area contributed by atoms with Crippen LogP contribution in [0.1, 0.15) is 22.8 Å². The molecule has 0 bridgehead atoms. The molecule has 0 saturated carbocycles. The first-order valence-corrected chi connectivity index (χ1v) is 6.35. The van der Waals surface area contributed by atoms with E-state index in [0.29, 0.717) is 18.3 Å². The summed E-state index contributed by atoms with van der Waals surface area (Å²) < 4.78 is 10.8. The fraction of sp³-hybridized carbons (Fsp3) is 0.429. The van der Waals surface area contributed by atoms with Gasteiger partial charge in [-0.2, -0.15) is 4.98 Å². The highest BCUT2D eigenvalue weighted by atomic mass is 16.5. The number of aromatic nitrogens is 2. The van der Waals surface area contributed by atoms with Crippen LogP contribution in [0.2, 0.25) is 0 Å². The molecule has 2 rings (SSSR count). The molecule has 0 radical (unpaired) electrons. The van der Waals surface area contributed by atoms with Crippen molar-refractivity contribution in [1.82, 2.24) is 15.5 Å². The molecular formula is C14H19N3O2. The van der Waals surface area contributed by atoms with Gasteiger partial charge in [0, 0.05) is 13.0 Å². The van der Waals surface area contributed by atoms with Gasteiger partial charge in [-0.05, 0) is 38.1 Å². The van der Waals surface area contributed by atoms with E-state index < -0.39 is 0 Å². The van der Waals surface area contributed by atoms with E-state index in [1.54, 1.807) is 0 Å². The second kappa shape index (κ2) is 6.33. The Bertz CT molecular complexity index is 537. The second-order valence-corrected chi connectivity index (χ2v) is 4.52. The maximum Gasteiger partial charge on any atom is 0.264 e. The number of rotatable bonds is 6. The number of ether oxygens (including phenoxy) is 1. The van der Waals surface area contributed by atoms with E-state index in [-0.39, 0.29) is 0 Å². The van der Waals surface area contributed by atoms with Gasteiger partial charge >= 0.3 is 0 Å². The number of nitrogens with one attached hydrogen (secondary N) is 1. The van der Waals surface area contributed by atoms with E-state index in [4.69, 9.17) is 9.26 Å². The Morgan fingerprint density at radius 2 is 2.16 bits per heavy atom. The topological polar surface area (TPSA) is 60.2 Å². The van der Waals surface area contributed by atoms with Crippen molar-refractivity contribution in [1.29, 1.82) is 0 Å². The maximum absolute atomic E-state index is 5.71. The van der Waals surface area contributed by atoms with Gasteiger partial charge in [-0.1, -0.05) is 17.3 Å². The van der Waals surface area contributed by atoms with Gasteiger partial charge in [-0.25, -0.2) is 0 Å². The minimum atomic E-state index is 0.302. The fourth-order valence-corrected chi connectivity index (χ4v) is 1.69. The molecule has 0 unspecified atom stereocenters.